The third kappa shape index (κ3) is 8.28. The molecule has 2 bridgehead atoms. The van der Waals surface area contributed by atoms with Crippen LogP contribution in [0, 0.1) is 23.2 Å². The molecule has 6 atom stereocenters. The number of alkyl carbamates (subject to hydrolysis) is 2. The van der Waals surface area contributed by atoms with Gasteiger partial charge in [0.05, 0.1) is 37.3 Å². The van der Waals surface area contributed by atoms with Crippen LogP contribution in [-0.2, 0) is 25.0 Å². The summed E-state index contributed by atoms with van der Waals surface area (Å²) in [5, 5.41) is 5.56. The molecule has 9 rings (SSSR count). The van der Waals surface area contributed by atoms with Crippen molar-refractivity contribution < 1.29 is 37.4 Å². The van der Waals surface area contributed by atoms with Gasteiger partial charge in [0, 0.05) is 29.3 Å². The van der Waals surface area contributed by atoms with E-state index in [0.29, 0.717) is 51.5 Å². The fourth-order valence-electron chi connectivity index (χ4n) is 10.4. The van der Waals surface area contributed by atoms with Crippen LogP contribution in [0.3, 0.4) is 0 Å². The summed E-state index contributed by atoms with van der Waals surface area (Å²) in [6.07, 6.45) is 3.21. The second-order valence-corrected chi connectivity index (χ2v) is 20.2. The van der Waals surface area contributed by atoms with Crippen LogP contribution in [0.25, 0.3) is 44.5 Å². The maximum atomic E-state index is 16.7. The third-order valence-corrected chi connectivity index (χ3v) is 14.8. The normalized spacial score (nSPS) is 20.9. The highest BCUT2D eigenvalue weighted by atomic mass is 35.5. The van der Waals surface area contributed by atoms with E-state index in [9.17, 15) is 19.2 Å². The van der Waals surface area contributed by atoms with Gasteiger partial charge in [0.2, 0.25) is 11.8 Å². The lowest BCUT2D eigenvalue weighted by molar-refractivity contribution is -0.139. The fourth-order valence-corrected chi connectivity index (χ4v) is 10.6. The summed E-state index contributed by atoms with van der Waals surface area (Å²) in [4.78, 5) is 72.6. The van der Waals surface area contributed by atoms with Crippen LogP contribution < -0.4 is 10.6 Å². The highest BCUT2D eigenvalue weighted by Crippen LogP contribution is 2.54. The van der Waals surface area contributed by atoms with Gasteiger partial charge in [-0.15, -0.1) is 0 Å². The van der Waals surface area contributed by atoms with Crippen LogP contribution >= 0.6 is 11.6 Å². The quantitative estimate of drug-likeness (QED) is 0.0903. The molecule has 3 fully saturated rings. The smallest absolute Gasteiger partial charge is 0.407 e. The Kier molecular flexibility index (Phi) is 11.9. The minimum atomic E-state index is -3.35. The zero-order valence-corrected chi connectivity index (χ0v) is 39.7. The summed E-state index contributed by atoms with van der Waals surface area (Å²) in [5.74, 6) is -2.97. The summed E-state index contributed by atoms with van der Waals surface area (Å²) in [6, 6.07) is 13.1. The molecule has 1 aliphatic heterocycles. The Balaban J connectivity index is 0.970. The number of nitrogens with zero attached hydrogens (tertiary/aromatic N) is 4. The first-order valence-electron chi connectivity index (χ1n) is 23.1. The van der Waals surface area contributed by atoms with E-state index in [0.717, 1.165) is 37.7 Å². The lowest BCUT2D eigenvalue weighted by atomic mass is 9.95. The predicted octanol–water partition coefficient (Wildman–Crippen LogP) is 9.90. The topological polar surface area (TPSA) is 175 Å². The largest absolute Gasteiger partial charge is 0.453 e. The van der Waals surface area contributed by atoms with Crippen molar-refractivity contribution in [3.05, 3.63) is 82.5 Å². The van der Waals surface area contributed by atoms with Crippen molar-refractivity contribution in [1.29, 1.82) is 0 Å². The molecule has 5 aromatic rings. The molecule has 0 spiro atoms. The molecule has 67 heavy (non-hydrogen) atoms. The van der Waals surface area contributed by atoms with Crippen molar-refractivity contribution in [1.82, 2.24) is 40.4 Å². The minimum absolute atomic E-state index is 0.0354. The molecule has 1 saturated heterocycles. The van der Waals surface area contributed by atoms with E-state index in [4.69, 9.17) is 31.0 Å². The Labute approximate surface area is 392 Å². The average Bonchev–Trinajstić information content (AvgIpc) is 3.83. The van der Waals surface area contributed by atoms with Crippen molar-refractivity contribution in [2.24, 2.45) is 23.2 Å². The van der Waals surface area contributed by atoms with Gasteiger partial charge >= 0.3 is 12.2 Å². The summed E-state index contributed by atoms with van der Waals surface area (Å²) in [6.45, 7) is 11.8. The molecule has 4 amide bonds. The number of hydrogen-bond acceptors (Lipinski definition) is 8. The number of rotatable bonds is 13. The van der Waals surface area contributed by atoms with Gasteiger partial charge in [-0.05, 0) is 109 Å². The number of hydrogen-bond donors (Lipinski definition) is 4. The Morgan fingerprint density at radius 3 is 2.06 bits per heavy atom. The fraction of sp³-hybridized carbons (Fsp3) is 0.480. The number of benzene rings is 3. The number of alkyl halides is 2. The number of piperidine rings is 1. The van der Waals surface area contributed by atoms with Gasteiger partial charge < -0.3 is 39.9 Å². The maximum absolute atomic E-state index is 16.7. The van der Waals surface area contributed by atoms with Gasteiger partial charge in [0.15, 0.2) is 0 Å². The van der Waals surface area contributed by atoms with Crippen LogP contribution in [0.2, 0.25) is 5.15 Å². The molecule has 3 heterocycles. The van der Waals surface area contributed by atoms with Gasteiger partial charge in [-0.1, -0.05) is 76.6 Å². The van der Waals surface area contributed by atoms with E-state index in [2.05, 4.69) is 27.5 Å². The van der Waals surface area contributed by atoms with Gasteiger partial charge in [-0.3, -0.25) is 9.59 Å². The number of fused-ring (bicyclic) bond motifs is 6. The lowest BCUT2D eigenvalue weighted by Crippen LogP contribution is -2.54. The number of H-pyrrole nitrogens is 2. The molecule has 3 aliphatic carbocycles. The first kappa shape index (κ1) is 46.1. The van der Waals surface area contributed by atoms with Crippen LogP contribution in [-0.4, -0.2) is 92.6 Å². The molecule has 14 nitrogen and oxygen atoms in total. The Morgan fingerprint density at radius 1 is 0.836 bits per heavy atom. The van der Waals surface area contributed by atoms with Crippen LogP contribution in [0.4, 0.5) is 18.4 Å². The number of amides is 4. The molecule has 2 aromatic heterocycles. The molecular formula is C50H57ClF2N8O6. The van der Waals surface area contributed by atoms with E-state index in [-0.39, 0.29) is 69.0 Å². The Bertz CT molecular complexity index is 2780. The number of nitrogens with one attached hydrogen (secondary N) is 4. The predicted molar refractivity (Wildman–Crippen MR) is 249 cm³/mol. The average molecular weight is 940 g/mol. The number of halogens is 3. The number of likely N-dealkylation sites (tertiary alicyclic amines) is 1. The highest BCUT2D eigenvalue weighted by molar-refractivity contribution is 6.32. The molecule has 4 N–H and O–H groups in total. The number of aromatic nitrogens is 4. The summed E-state index contributed by atoms with van der Waals surface area (Å²) >= 11 is 6.79. The maximum Gasteiger partial charge on any atom is 0.407 e. The number of imidazole rings is 2. The Morgan fingerprint density at radius 2 is 1.43 bits per heavy atom. The first-order chi connectivity index (χ1) is 31.8. The van der Waals surface area contributed by atoms with E-state index in [1.807, 2.05) is 63.8 Å². The van der Waals surface area contributed by atoms with E-state index < -0.39 is 36.2 Å². The van der Waals surface area contributed by atoms with E-state index in [1.54, 1.807) is 23.1 Å². The molecule has 0 radical (unpaired) electrons. The number of carbonyl (C=O) groups is 4. The van der Waals surface area contributed by atoms with Crippen molar-refractivity contribution in [3.8, 4) is 33.5 Å². The van der Waals surface area contributed by atoms with E-state index in [1.165, 1.54) is 26.4 Å². The van der Waals surface area contributed by atoms with Gasteiger partial charge in [0.25, 0.3) is 5.92 Å². The monoisotopic (exact) mass is 938 g/mol. The van der Waals surface area contributed by atoms with Crippen molar-refractivity contribution in [2.45, 2.75) is 110 Å². The van der Waals surface area contributed by atoms with Crippen molar-refractivity contribution in [3.63, 3.8) is 0 Å². The SMILES string of the molecule is COC(=O)N[C@H](C(=O)N(CC1(C)CC1)[C@@H](C)c1nc(-c2ccc3c(c2)C(F)(F)c2cc(-c4ccc5nc([C@@H]6[C@H]7CC[C@H](C7)N6C(=O)[C@@H](NC(=O)OC)C(C)C)[nH]c5c4)ccc2-3)c(Cl)[nH]1)C(C)C. The van der Waals surface area contributed by atoms with Crippen molar-refractivity contribution in [2.75, 3.05) is 20.8 Å². The first-order valence-corrected chi connectivity index (χ1v) is 23.4. The van der Waals surface area contributed by atoms with Crippen LogP contribution in [0.1, 0.15) is 109 Å². The molecule has 0 unspecified atom stereocenters. The lowest BCUT2D eigenvalue weighted by Gasteiger charge is -2.37. The number of aromatic amines is 2. The van der Waals surface area contributed by atoms with Crippen molar-refractivity contribution >= 4 is 46.6 Å². The second-order valence-electron chi connectivity index (χ2n) is 19.8. The van der Waals surface area contributed by atoms with Gasteiger partial charge in [-0.2, -0.15) is 8.78 Å². The second kappa shape index (κ2) is 17.2. The summed E-state index contributed by atoms with van der Waals surface area (Å²) < 4.78 is 43.1. The summed E-state index contributed by atoms with van der Waals surface area (Å²) in [5.41, 5.74) is 3.85. The zero-order chi connectivity index (χ0) is 47.9. The molecular weight excluding hydrogens is 882 g/mol. The van der Waals surface area contributed by atoms with E-state index >= 15 is 8.78 Å². The van der Waals surface area contributed by atoms with Crippen LogP contribution in [0.5, 0.6) is 0 Å². The molecule has 3 aromatic carbocycles. The third-order valence-electron chi connectivity index (χ3n) is 14.5. The highest BCUT2D eigenvalue weighted by Gasteiger charge is 2.52. The zero-order valence-electron chi connectivity index (χ0n) is 38.9. The molecule has 2 saturated carbocycles. The molecule has 354 valence electrons. The molecule has 17 heteroatoms. The van der Waals surface area contributed by atoms with Crippen LogP contribution in [0.15, 0.2) is 54.6 Å². The Hall–Kier alpha value is -6.03. The number of methoxy groups -OCH3 is 2. The van der Waals surface area contributed by atoms with Gasteiger partial charge in [-0.25, -0.2) is 19.6 Å². The molecule has 4 aliphatic rings. The minimum Gasteiger partial charge on any atom is -0.453 e. The summed E-state index contributed by atoms with van der Waals surface area (Å²) in [7, 11) is 2.52. The number of ether oxygens (including phenoxy) is 2. The standard InChI is InChI=1S/C50H57ClF2N8O6/c1-24(2)38(57-47(64)66-7)45(62)60(23-49(6)17-18-49)26(5)43-56-40(42(51)59-43)29-11-15-33-32-14-10-27(20-34(32)50(52,53)35(33)21-29)28-12-16-36-37(22-28)55-44(54-36)41-30-9-13-31(19-30)61(41)46(63)39(25(3)4)58-48(65)67-8/h10-12,14-16,20-22,24-26,30-31,38-39,41H,9,13,17-19,23H2,1-8H3,(H,54,55)(H,56,59)(H,57,64)(H,58,65)/t26-,30-,31+,38-,39-,41-/m0/s1. The van der Waals surface area contributed by atoms with Gasteiger partial charge in [0.1, 0.15) is 34.6 Å². The number of carbonyl (C=O) groups excluding carboxylic acids is 4.